The molecule has 0 bridgehead atoms. The monoisotopic (exact) mass is 340 g/mol. The summed E-state index contributed by atoms with van der Waals surface area (Å²) < 4.78 is 0. The summed E-state index contributed by atoms with van der Waals surface area (Å²) in [6, 6.07) is 21.4. The molecule has 4 rings (SSSR count). The van der Waals surface area contributed by atoms with Crippen molar-refractivity contribution in [3.63, 3.8) is 0 Å². The van der Waals surface area contributed by atoms with Gasteiger partial charge in [0.1, 0.15) is 0 Å². The van der Waals surface area contributed by atoms with Gasteiger partial charge in [-0.2, -0.15) is 0 Å². The molecule has 0 atom stereocenters. The van der Waals surface area contributed by atoms with Crippen molar-refractivity contribution < 1.29 is 0 Å². The number of unbranched alkanes of at least 4 members (excludes halogenated alkanes) is 3. The van der Waals surface area contributed by atoms with E-state index in [9.17, 15) is 0 Å². The zero-order valence-corrected chi connectivity index (χ0v) is 15.3. The largest absolute Gasteiger partial charge is 0.236 e. The van der Waals surface area contributed by atoms with Crippen LogP contribution in [-0.4, -0.2) is 9.97 Å². The molecular weight excluding hydrogens is 316 g/mol. The van der Waals surface area contributed by atoms with Crippen LogP contribution >= 0.6 is 0 Å². The van der Waals surface area contributed by atoms with Crippen molar-refractivity contribution in [2.45, 2.75) is 39.0 Å². The summed E-state index contributed by atoms with van der Waals surface area (Å²) in [6.07, 6.45) is 8.29. The van der Waals surface area contributed by atoms with E-state index in [1.807, 2.05) is 6.20 Å². The molecule has 1 heterocycles. The highest BCUT2D eigenvalue weighted by molar-refractivity contribution is 6.05. The molecule has 0 unspecified atom stereocenters. The summed E-state index contributed by atoms with van der Waals surface area (Å²) in [5.74, 6) is 0.798. The fourth-order valence-electron chi connectivity index (χ4n) is 3.48. The summed E-state index contributed by atoms with van der Waals surface area (Å²) in [5.41, 5.74) is 3.50. The number of benzene rings is 3. The Bertz CT molecular complexity index is 1020. The second kappa shape index (κ2) is 7.65. The summed E-state index contributed by atoms with van der Waals surface area (Å²) in [7, 11) is 0. The number of aryl methyl sites for hydroxylation is 1. The van der Waals surface area contributed by atoms with Crippen LogP contribution in [-0.2, 0) is 6.42 Å². The first-order chi connectivity index (χ1) is 12.8. The van der Waals surface area contributed by atoms with Crippen LogP contribution in [0.2, 0.25) is 0 Å². The molecule has 0 aliphatic heterocycles. The second-order valence-corrected chi connectivity index (χ2v) is 6.93. The molecular formula is C24H24N2. The standard InChI is InChI=1S/C24H24N2/c1-2-3-4-5-8-18-11-13-20(14-12-18)24-25-17-21-16-15-19-9-6-7-10-22(19)23(21)26-24/h6-7,9-17H,2-5,8H2,1H3. The lowest BCUT2D eigenvalue weighted by Crippen LogP contribution is -1.92. The molecule has 130 valence electrons. The van der Waals surface area contributed by atoms with Crippen LogP contribution < -0.4 is 0 Å². The highest BCUT2D eigenvalue weighted by atomic mass is 14.9. The van der Waals surface area contributed by atoms with E-state index in [1.165, 1.54) is 42.0 Å². The zero-order chi connectivity index (χ0) is 17.8. The van der Waals surface area contributed by atoms with E-state index in [0.29, 0.717) is 0 Å². The van der Waals surface area contributed by atoms with Crippen LogP contribution in [0.5, 0.6) is 0 Å². The topological polar surface area (TPSA) is 25.8 Å². The molecule has 3 aromatic carbocycles. The van der Waals surface area contributed by atoms with E-state index >= 15 is 0 Å². The van der Waals surface area contributed by atoms with Crippen LogP contribution in [0.3, 0.4) is 0 Å². The van der Waals surface area contributed by atoms with Gasteiger partial charge in [-0.15, -0.1) is 0 Å². The van der Waals surface area contributed by atoms with E-state index in [2.05, 4.69) is 72.6 Å². The normalized spacial score (nSPS) is 11.3. The third kappa shape index (κ3) is 3.45. The molecule has 26 heavy (non-hydrogen) atoms. The molecule has 0 saturated carbocycles. The molecule has 0 amide bonds. The third-order valence-electron chi connectivity index (χ3n) is 5.01. The highest BCUT2D eigenvalue weighted by Crippen LogP contribution is 2.25. The Kier molecular flexibility index (Phi) is 4.92. The average molecular weight is 340 g/mol. The van der Waals surface area contributed by atoms with E-state index in [1.54, 1.807) is 0 Å². The van der Waals surface area contributed by atoms with E-state index in [4.69, 9.17) is 4.98 Å². The number of hydrogen-bond donors (Lipinski definition) is 0. The Labute approximate surface area is 154 Å². The molecule has 2 heteroatoms. The maximum Gasteiger partial charge on any atom is 0.159 e. The van der Waals surface area contributed by atoms with Crippen molar-refractivity contribution in [2.75, 3.05) is 0 Å². The summed E-state index contributed by atoms with van der Waals surface area (Å²) >= 11 is 0. The maximum atomic E-state index is 4.88. The third-order valence-corrected chi connectivity index (χ3v) is 5.01. The van der Waals surface area contributed by atoms with Crippen molar-refractivity contribution in [1.29, 1.82) is 0 Å². The lowest BCUT2D eigenvalue weighted by Gasteiger charge is -2.07. The summed E-state index contributed by atoms with van der Waals surface area (Å²) in [5, 5.41) is 3.48. The lowest BCUT2D eigenvalue weighted by molar-refractivity contribution is 0.667. The number of hydrogen-bond acceptors (Lipinski definition) is 2. The lowest BCUT2D eigenvalue weighted by atomic mass is 10.0. The number of fused-ring (bicyclic) bond motifs is 3. The van der Waals surface area contributed by atoms with Crippen molar-refractivity contribution in [1.82, 2.24) is 9.97 Å². The van der Waals surface area contributed by atoms with Crippen LogP contribution in [0.25, 0.3) is 33.1 Å². The Morgan fingerprint density at radius 3 is 2.42 bits per heavy atom. The van der Waals surface area contributed by atoms with Gasteiger partial charge >= 0.3 is 0 Å². The number of nitrogens with zero attached hydrogens (tertiary/aromatic N) is 2. The Balaban J connectivity index is 1.63. The van der Waals surface area contributed by atoms with Gasteiger partial charge in [-0.05, 0) is 23.8 Å². The Hall–Kier alpha value is -2.74. The highest BCUT2D eigenvalue weighted by Gasteiger charge is 2.06. The first-order valence-electron chi connectivity index (χ1n) is 9.59. The molecule has 2 nitrogen and oxygen atoms in total. The van der Waals surface area contributed by atoms with Gasteiger partial charge in [0.2, 0.25) is 0 Å². The fraction of sp³-hybridized carbons (Fsp3) is 0.250. The van der Waals surface area contributed by atoms with Crippen molar-refractivity contribution >= 4 is 21.7 Å². The van der Waals surface area contributed by atoms with Gasteiger partial charge in [-0.1, -0.05) is 86.8 Å². The van der Waals surface area contributed by atoms with Gasteiger partial charge < -0.3 is 0 Å². The first kappa shape index (κ1) is 16.7. The molecule has 0 N–H and O–H groups in total. The minimum atomic E-state index is 0.798. The summed E-state index contributed by atoms with van der Waals surface area (Å²) in [6.45, 7) is 2.25. The molecule has 0 saturated heterocycles. The molecule has 1 aromatic heterocycles. The minimum absolute atomic E-state index is 0.798. The smallest absolute Gasteiger partial charge is 0.159 e. The summed E-state index contributed by atoms with van der Waals surface area (Å²) in [4.78, 5) is 9.47. The Morgan fingerprint density at radius 1 is 0.769 bits per heavy atom. The van der Waals surface area contributed by atoms with Crippen molar-refractivity contribution in [3.8, 4) is 11.4 Å². The fourth-order valence-corrected chi connectivity index (χ4v) is 3.48. The van der Waals surface area contributed by atoms with Gasteiger partial charge in [0.25, 0.3) is 0 Å². The van der Waals surface area contributed by atoms with E-state index in [0.717, 1.165) is 28.7 Å². The quantitative estimate of drug-likeness (QED) is 0.293. The molecule has 0 aliphatic rings. The second-order valence-electron chi connectivity index (χ2n) is 6.93. The van der Waals surface area contributed by atoms with Crippen LogP contribution in [0.1, 0.15) is 38.2 Å². The van der Waals surface area contributed by atoms with Crippen LogP contribution in [0.4, 0.5) is 0 Å². The molecule has 0 spiro atoms. The predicted octanol–water partition coefficient (Wildman–Crippen LogP) is 6.57. The minimum Gasteiger partial charge on any atom is -0.236 e. The van der Waals surface area contributed by atoms with Gasteiger partial charge in [0, 0.05) is 22.5 Å². The average Bonchev–Trinajstić information content (AvgIpc) is 2.71. The van der Waals surface area contributed by atoms with E-state index in [-0.39, 0.29) is 0 Å². The number of aromatic nitrogens is 2. The van der Waals surface area contributed by atoms with Gasteiger partial charge in [0.05, 0.1) is 5.52 Å². The molecule has 4 aromatic rings. The van der Waals surface area contributed by atoms with Gasteiger partial charge in [-0.25, -0.2) is 9.97 Å². The van der Waals surface area contributed by atoms with Crippen LogP contribution in [0, 0.1) is 0 Å². The molecule has 0 aliphatic carbocycles. The Morgan fingerprint density at radius 2 is 1.58 bits per heavy atom. The van der Waals surface area contributed by atoms with E-state index < -0.39 is 0 Å². The van der Waals surface area contributed by atoms with Gasteiger partial charge in [0.15, 0.2) is 5.82 Å². The number of rotatable bonds is 6. The SMILES string of the molecule is CCCCCCc1ccc(-c2ncc3ccc4ccccc4c3n2)cc1. The molecule has 0 radical (unpaired) electrons. The van der Waals surface area contributed by atoms with Crippen molar-refractivity contribution in [2.24, 2.45) is 0 Å². The maximum absolute atomic E-state index is 4.88. The first-order valence-corrected chi connectivity index (χ1v) is 9.59. The molecule has 0 fully saturated rings. The van der Waals surface area contributed by atoms with Crippen molar-refractivity contribution in [3.05, 3.63) is 72.4 Å². The zero-order valence-electron chi connectivity index (χ0n) is 15.3. The predicted molar refractivity (Wildman–Crippen MR) is 110 cm³/mol. The van der Waals surface area contributed by atoms with Crippen LogP contribution in [0.15, 0.2) is 66.9 Å². The van der Waals surface area contributed by atoms with Gasteiger partial charge in [-0.3, -0.25) is 0 Å².